The molecule has 1 fully saturated rings. The maximum absolute atomic E-state index is 5.28. The van der Waals surface area contributed by atoms with Gasteiger partial charge in [-0.15, -0.1) is 0 Å². The van der Waals surface area contributed by atoms with Gasteiger partial charge in [0.15, 0.2) is 0 Å². The van der Waals surface area contributed by atoms with Crippen molar-refractivity contribution in [1.82, 2.24) is 5.32 Å². The molecule has 0 radical (unpaired) electrons. The first kappa shape index (κ1) is 12.5. The second-order valence-electron chi connectivity index (χ2n) is 5.34. The van der Waals surface area contributed by atoms with E-state index in [1.807, 2.05) is 6.07 Å². The first-order valence-electron chi connectivity index (χ1n) is 7.13. The van der Waals surface area contributed by atoms with E-state index in [9.17, 15) is 0 Å². The monoisotopic (exact) mass is 255 g/mol. The number of rotatable bonds is 3. The summed E-state index contributed by atoms with van der Waals surface area (Å²) in [6.07, 6.45) is 2.45. The lowest BCUT2D eigenvalue weighted by Crippen LogP contribution is -2.24. The zero-order valence-corrected chi connectivity index (χ0v) is 11.6. The van der Waals surface area contributed by atoms with Crippen molar-refractivity contribution in [3.63, 3.8) is 0 Å². The second kappa shape index (κ2) is 5.22. The summed E-state index contributed by atoms with van der Waals surface area (Å²) in [4.78, 5) is 0. The van der Waals surface area contributed by atoms with Crippen LogP contribution in [0.2, 0.25) is 0 Å². The molecule has 2 aromatic carbocycles. The van der Waals surface area contributed by atoms with Crippen molar-refractivity contribution < 1.29 is 4.74 Å². The van der Waals surface area contributed by atoms with E-state index in [1.54, 1.807) is 7.11 Å². The van der Waals surface area contributed by atoms with Gasteiger partial charge in [0.2, 0.25) is 0 Å². The molecule has 2 aromatic rings. The van der Waals surface area contributed by atoms with Crippen molar-refractivity contribution in [1.29, 1.82) is 0 Å². The van der Waals surface area contributed by atoms with E-state index in [0.29, 0.717) is 12.0 Å². The van der Waals surface area contributed by atoms with Crippen molar-refractivity contribution >= 4 is 10.8 Å². The van der Waals surface area contributed by atoms with Crippen molar-refractivity contribution in [3.8, 4) is 5.75 Å². The third-order valence-electron chi connectivity index (χ3n) is 4.29. The Kier molecular flexibility index (Phi) is 3.43. The van der Waals surface area contributed by atoms with Crippen LogP contribution in [-0.4, -0.2) is 19.7 Å². The summed E-state index contributed by atoms with van der Waals surface area (Å²) in [6.45, 7) is 3.41. The van der Waals surface area contributed by atoms with Crippen LogP contribution in [0.3, 0.4) is 0 Å². The number of methoxy groups -OCH3 is 1. The molecule has 2 unspecified atom stereocenters. The van der Waals surface area contributed by atoms with E-state index in [2.05, 4.69) is 42.6 Å². The van der Waals surface area contributed by atoms with Gasteiger partial charge in [-0.05, 0) is 47.9 Å². The summed E-state index contributed by atoms with van der Waals surface area (Å²) >= 11 is 0. The zero-order chi connectivity index (χ0) is 13.2. The summed E-state index contributed by atoms with van der Waals surface area (Å²) in [5.41, 5.74) is 1.47. The van der Waals surface area contributed by atoms with E-state index in [-0.39, 0.29) is 0 Å². The molecule has 1 saturated heterocycles. The summed E-state index contributed by atoms with van der Waals surface area (Å²) in [7, 11) is 1.71. The number of benzene rings is 2. The molecule has 100 valence electrons. The first-order chi connectivity index (χ1) is 9.31. The van der Waals surface area contributed by atoms with Crippen LogP contribution >= 0.6 is 0 Å². The molecular formula is C17H21NO. The molecule has 1 N–H and O–H groups in total. The number of hydrogen-bond acceptors (Lipinski definition) is 2. The Labute approximate surface area is 114 Å². The highest BCUT2D eigenvalue weighted by atomic mass is 16.5. The number of fused-ring (bicyclic) bond motifs is 1. The minimum absolute atomic E-state index is 0.635. The largest absolute Gasteiger partial charge is 0.497 e. The molecule has 1 aliphatic rings. The first-order valence-corrected chi connectivity index (χ1v) is 7.13. The Morgan fingerprint density at radius 1 is 1.16 bits per heavy atom. The fourth-order valence-corrected chi connectivity index (χ4v) is 3.20. The van der Waals surface area contributed by atoms with Gasteiger partial charge < -0.3 is 10.1 Å². The Balaban J connectivity index is 1.97. The Morgan fingerprint density at radius 3 is 2.74 bits per heavy atom. The molecule has 0 saturated carbocycles. The van der Waals surface area contributed by atoms with E-state index in [0.717, 1.165) is 12.3 Å². The number of ether oxygens (including phenoxy) is 1. The van der Waals surface area contributed by atoms with E-state index in [4.69, 9.17) is 4.74 Å². The number of hydrogen-bond donors (Lipinski definition) is 1. The summed E-state index contributed by atoms with van der Waals surface area (Å²) < 4.78 is 5.28. The van der Waals surface area contributed by atoms with Crippen LogP contribution in [0.5, 0.6) is 5.75 Å². The van der Waals surface area contributed by atoms with Crippen LogP contribution in [-0.2, 0) is 0 Å². The molecular weight excluding hydrogens is 234 g/mol. The lowest BCUT2D eigenvalue weighted by molar-refractivity contribution is 0.415. The Bertz CT molecular complexity index is 578. The smallest absolute Gasteiger partial charge is 0.119 e. The normalized spacial score (nSPS) is 22.8. The summed E-state index contributed by atoms with van der Waals surface area (Å²) in [5.74, 6) is 1.59. The van der Waals surface area contributed by atoms with Gasteiger partial charge in [-0.1, -0.05) is 31.2 Å². The van der Waals surface area contributed by atoms with Gasteiger partial charge in [0.25, 0.3) is 0 Å². The van der Waals surface area contributed by atoms with Crippen molar-refractivity contribution in [2.45, 2.75) is 31.7 Å². The highest BCUT2D eigenvalue weighted by molar-refractivity contribution is 5.84. The van der Waals surface area contributed by atoms with Gasteiger partial charge in [-0.2, -0.15) is 0 Å². The average Bonchev–Trinajstić information content (AvgIpc) is 2.94. The van der Waals surface area contributed by atoms with Crippen molar-refractivity contribution in [2.24, 2.45) is 0 Å². The quantitative estimate of drug-likeness (QED) is 0.903. The number of nitrogens with one attached hydrogen (secondary N) is 1. The lowest BCUT2D eigenvalue weighted by atomic mass is 9.89. The van der Waals surface area contributed by atoms with Gasteiger partial charge in [0.05, 0.1) is 7.11 Å². The average molecular weight is 255 g/mol. The van der Waals surface area contributed by atoms with Gasteiger partial charge in [0.1, 0.15) is 5.75 Å². The van der Waals surface area contributed by atoms with Gasteiger partial charge in [0, 0.05) is 12.0 Å². The predicted molar refractivity (Wildman–Crippen MR) is 79.9 cm³/mol. The Morgan fingerprint density at radius 2 is 1.95 bits per heavy atom. The van der Waals surface area contributed by atoms with Gasteiger partial charge in [-0.3, -0.25) is 0 Å². The van der Waals surface area contributed by atoms with Crippen molar-refractivity contribution in [2.75, 3.05) is 13.7 Å². The molecule has 0 aromatic heterocycles. The van der Waals surface area contributed by atoms with Gasteiger partial charge >= 0.3 is 0 Å². The van der Waals surface area contributed by atoms with Crippen LogP contribution in [0, 0.1) is 0 Å². The van der Waals surface area contributed by atoms with Crippen LogP contribution in [0.25, 0.3) is 10.8 Å². The molecule has 0 aliphatic carbocycles. The standard InChI is InChI=1S/C17H21NO/c1-3-17-16(8-9-18-17)14-5-4-13-11-15(19-2)7-6-12(13)10-14/h4-7,10-11,16-18H,3,8-9H2,1-2H3. The topological polar surface area (TPSA) is 21.3 Å². The Hall–Kier alpha value is -1.54. The SMILES string of the molecule is CCC1NCCC1c1ccc2cc(OC)ccc2c1. The maximum Gasteiger partial charge on any atom is 0.119 e. The molecule has 1 heterocycles. The molecule has 2 heteroatoms. The predicted octanol–water partition coefficient (Wildman–Crippen LogP) is 3.70. The van der Waals surface area contributed by atoms with Crippen LogP contribution in [0.15, 0.2) is 36.4 Å². The van der Waals surface area contributed by atoms with Crippen molar-refractivity contribution in [3.05, 3.63) is 42.0 Å². The molecule has 0 amide bonds. The summed E-state index contributed by atoms with van der Waals surface area (Å²) in [6, 6.07) is 13.8. The van der Waals surface area contributed by atoms with E-state index >= 15 is 0 Å². The molecule has 0 bridgehead atoms. The highest BCUT2D eigenvalue weighted by Crippen LogP contribution is 2.32. The van der Waals surface area contributed by atoms with Crippen LogP contribution in [0.4, 0.5) is 0 Å². The van der Waals surface area contributed by atoms with Gasteiger partial charge in [-0.25, -0.2) is 0 Å². The minimum Gasteiger partial charge on any atom is -0.497 e. The minimum atomic E-state index is 0.635. The fraction of sp³-hybridized carbons (Fsp3) is 0.412. The van der Waals surface area contributed by atoms with E-state index in [1.165, 1.54) is 29.2 Å². The molecule has 19 heavy (non-hydrogen) atoms. The highest BCUT2D eigenvalue weighted by Gasteiger charge is 2.26. The third-order valence-corrected chi connectivity index (χ3v) is 4.29. The molecule has 2 atom stereocenters. The van der Waals surface area contributed by atoms with E-state index < -0.39 is 0 Å². The third kappa shape index (κ3) is 2.33. The molecule has 3 rings (SSSR count). The zero-order valence-electron chi connectivity index (χ0n) is 11.6. The molecule has 0 spiro atoms. The molecule has 2 nitrogen and oxygen atoms in total. The van der Waals surface area contributed by atoms with Crippen LogP contribution < -0.4 is 10.1 Å². The maximum atomic E-state index is 5.28. The van der Waals surface area contributed by atoms with Crippen LogP contribution in [0.1, 0.15) is 31.2 Å². The summed E-state index contributed by atoms with van der Waals surface area (Å²) in [5, 5.41) is 6.16. The second-order valence-corrected chi connectivity index (χ2v) is 5.34. The lowest BCUT2D eigenvalue weighted by Gasteiger charge is -2.18. The fourth-order valence-electron chi connectivity index (χ4n) is 3.20. The molecule has 1 aliphatic heterocycles.